The van der Waals surface area contributed by atoms with Gasteiger partial charge < -0.3 is 9.47 Å². The molecule has 0 bridgehead atoms. The number of methoxy groups -OCH3 is 1. The minimum atomic E-state index is -3.55. The molecular weight excluding hydrogens is 282 g/mol. The number of rotatable bonds is 4. The van der Waals surface area contributed by atoms with Gasteiger partial charge in [0.25, 0.3) is 0 Å². The summed E-state index contributed by atoms with van der Waals surface area (Å²) in [4.78, 5) is 0.203. The molecular formula is C12H21N3O4S. The van der Waals surface area contributed by atoms with Gasteiger partial charge in [-0.2, -0.15) is 9.40 Å². The molecule has 1 atom stereocenters. The molecule has 20 heavy (non-hydrogen) atoms. The minimum absolute atomic E-state index is 0.203. The molecule has 1 aliphatic rings. The summed E-state index contributed by atoms with van der Waals surface area (Å²) in [5, 5.41) is 3.92. The third-order valence-corrected chi connectivity index (χ3v) is 4.89. The van der Waals surface area contributed by atoms with Crippen molar-refractivity contribution in [1.82, 2.24) is 14.1 Å². The molecule has 0 saturated carbocycles. The molecule has 114 valence electrons. The van der Waals surface area contributed by atoms with Crippen molar-refractivity contribution in [1.29, 1.82) is 0 Å². The Bertz CT molecular complexity index is 567. The number of ether oxygens (including phenoxy) is 2. The molecule has 0 spiro atoms. The van der Waals surface area contributed by atoms with E-state index in [2.05, 4.69) is 5.10 Å². The van der Waals surface area contributed by atoms with Gasteiger partial charge in [0.15, 0.2) is 0 Å². The molecule has 0 aromatic carbocycles. The lowest BCUT2D eigenvalue weighted by molar-refractivity contribution is -0.135. The van der Waals surface area contributed by atoms with Crippen LogP contribution in [0.4, 0.5) is 0 Å². The van der Waals surface area contributed by atoms with Crippen molar-refractivity contribution in [2.75, 3.05) is 26.8 Å². The highest BCUT2D eigenvalue weighted by molar-refractivity contribution is 7.89. The molecule has 1 aromatic rings. The van der Waals surface area contributed by atoms with E-state index < -0.39 is 15.6 Å². The maximum absolute atomic E-state index is 12.6. The van der Waals surface area contributed by atoms with Crippen molar-refractivity contribution in [2.24, 2.45) is 7.05 Å². The summed E-state index contributed by atoms with van der Waals surface area (Å²) in [5.41, 5.74) is -0.545. The van der Waals surface area contributed by atoms with Crippen LogP contribution in [-0.2, 0) is 26.5 Å². The second kappa shape index (κ2) is 5.44. The molecule has 2 heterocycles. The van der Waals surface area contributed by atoms with Crippen LogP contribution in [-0.4, -0.2) is 61.0 Å². The Kier molecular flexibility index (Phi) is 4.19. The van der Waals surface area contributed by atoms with E-state index in [1.807, 2.05) is 13.8 Å². The molecule has 7 nitrogen and oxygen atoms in total. The maximum atomic E-state index is 12.6. The zero-order valence-corrected chi connectivity index (χ0v) is 13.1. The van der Waals surface area contributed by atoms with E-state index in [-0.39, 0.29) is 17.5 Å². The molecule has 0 unspecified atom stereocenters. The first-order valence-electron chi connectivity index (χ1n) is 6.40. The summed E-state index contributed by atoms with van der Waals surface area (Å²) in [6.07, 6.45) is 2.60. The summed E-state index contributed by atoms with van der Waals surface area (Å²) >= 11 is 0. The predicted octanol–water partition coefficient (Wildman–Crippen LogP) is 0.235. The zero-order valence-electron chi connectivity index (χ0n) is 12.2. The van der Waals surface area contributed by atoms with Crippen molar-refractivity contribution in [2.45, 2.75) is 30.4 Å². The highest BCUT2D eigenvalue weighted by atomic mass is 32.2. The van der Waals surface area contributed by atoms with Crippen molar-refractivity contribution < 1.29 is 17.9 Å². The quantitative estimate of drug-likeness (QED) is 0.796. The lowest BCUT2D eigenvalue weighted by Gasteiger charge is -2.41. The number of sulfonamides is 1. The minimum Gasteiger partial charge on any atom is -0.382 e. The van der Waals surface area contributed by atoms with Crippen LogP contribution in [0.1, 0.15) is 13.8 Å². The summed E-state index contributed by atoms with van der Waals surface area (Å²) in [5.74, 6) is 0. The standard InChI is InChI=1S/C12H21N3O4S/c1-12(2)9-15(6-10(19-12)8-18-4)20(16,17)11-5-13-14(3)7-11/h5,7,10H,6,8-9H2,1-4H3/t10-/m0/s1. The molecule has 1 aromatic heterocycles. The molecule has 1 fully saturated rings. The predicted molar refractivity (Wildman–Crippen MR) is 72.8 cm³/mol. The van der Waals surface area contributed by atoms with Gasteiger partial charge in [0, 0.05) is 33.4 Å². The molecule has 2 rings (SSSR count). The smallest absolute Gasteiger partial charge is 0.246 e. The molecule has 8 heteroatoms. The highest BCUT2D eigenvalue weighted by Crippen LogP contribution is 2.26. The Morgan fingerprint density at radius 1 is 1.55 bits per heavy atom. The summed E-state index contributed by atoms with van der Waals surface area (Å²) in [7, 11) is -0.284. The fourth-order valence-electron chi connectivity index (χ4n) is 2.38. The van der Waals surface area contributed by atoms with E-state index in [0.29, 0.717) is 13.2 Å². The van der Waals surface area contributed by atoms with Crippen LogP contribution in [0.3, 0.4) is 0 Å². The van der Waals surface area contributed by atoms with Gasteiger partial charge >= 0.3 is 0 Å². The molecule has 1 aliphatic heterocycles. The monoisotopic (exact) mass is 303 g/mol. The van der Waals surface area contributed by atoms with Crippen molar-refractivity contribution in [3.63, 3.8) is 0 Å². The fourth-order valence-corrected chi connectivity index (χ4v) is 3.99. The number of aromatic nitrogens is 2. The lowest BCUT2D eigenvalue weighted by atomic mass is 10.1. The molecule has 0 radical (unpaired) electrons. The van der Waals surface area contributed by atoms with E-state index in [1.54, 1.807) is 14.2 Å². The van der Waals surface area contributed by atoms with Crippen LogP contribution in [0.5, 0.6) is 0 Å². The van der Waals surface area contributed by atoms with Crippen LogP contribution in [0.25, 0.3) is 0 Å². The van der Waals surface area contributed by atoms with E-state index in [1.165, 1.54) is 21.4 Å². The van der Waals surface area contributed by atoms with Gasteiger partial charge in [0.2, 0.25) is 10.0 Å². The Balaban J connectivity index is 2.26. The van der Waals surface area contributed by atoms with Gasteiger partial charge in [-0.05, 0) is 13.8 Å². The van der Waals surface area contributed by atoms with Gasteiger partial charge in [0.05, 0.1) is 24.5 Å². The van der Waals surface area contributed by atoms with Gasteiger partial charge in [-0.25, -0.2) is 8.42 Å². The first kappa shape index (κ1) is 15.4. The van der Waals surface area contributed by atoms with E-state index in [4.69, 9.17) is 9.47 Å². The second-order valence-electron chi connectivity index (χ2n) is 5.60. The van der Waals surface area contributed by atoms with E-state index >= 15 is 0 Å². The van der Waals surface area contributed by atoms with Crippen molar-refractivity contribution >= 4 is 10.0 Å². The SMILES string of the molecule is COC[C@@H]1CN(S(=O)(=O)c2cnn(C)c2)CC(C)(C)O1. The van der Waals surface area contributed by atoms with Crippen LogP contribution in [0, 0.1) is 0 Å². The van der Waals surface area contributed by atoms with Gasteiger partial charge in [0.1, 0.15) is 4.90 Å². The average Bonchev–Trinajstić information content (AvgIpc) is 2.75. The van der Waals surface area contributed by atoms with Crippen LogP contribution in [0.15, 0.2) is 17.3 Å². The number of hydrogen-bond acceptors (Lipinski definition) is 5. The van der Waals surface area contributed by atoms with Gasteiger partial charge in [-0.3, -0.25) is 4.68 Å². The normalized spacial score (nSPS) is 23.9. The number of aryl methyl sites for hydroxylation is 1. The highest BCUT2D eigenvalue weighted by Gasteiger charge is 2.39. The molecule has 0 N–H and O–H groups in total. The van der Waals surface area contributed by atoms with Crippen LogP contribution >= 0.6 is 0 Å². The molecule has 0 amide bonds. The average molecular weight is 303 g/mol. The van der Waals surface area contributed by atoms with Crippen LogP contribution < -0.4 is 0 Å². The summed E-state index contributed by atoms with van der Waals surface area (Å²) in [6, 6.07) is 0. The first-order chi connectivity index (χ1) is 9.24. The zero-order chi connectivity index (χ0) is 15.0. The van der Waals surface area contributed by atoms with E-state index in [0.717, 1.165) is 0 Å². The topological polar surface area (TPSA) is 73.7 Å². The number of hydrogen-bond donors (Lipinski definition) is 0. The number of morpholine rings is 1. The summed E-state index contributed by atoms with van der Waals surface area (Å²) < 4.78 is 39.1. The lowest BCUT2D eigenvalue weighted by Crippen LogP contribution is -2.55. The maximum Gasteiger partial charge on any atom is 0.246 e. The fraction of sp³-hybridized carbons (Fsp3) is 0.750. The van der Waals surface area contributed by atoms with Crippen molar-refractivity contribution in [3.8, 4) is 0 Å². The van der Waals surface area contributed by atoms with Crippen molar-refractivity contribution in [3.05, 3.63) is 12.4 Å². The summed E-state index contributed by atoms with van der Waals surface area (Å²) in [6.45, 7) is 4.71. The largest absolute Gasteiger partial charge is 0.382 e. The Morgan fingerprint density at radius 3 is 2.80 bits per heavy atom. The third kappa shape index (κ3) is 3.20. The van der Waals surface area contributed by atoms with E-state index in [9.17, 15) is 8.42 Å². The molecule has 0 aliphatic carbocycles. The molecule has 1 saturated heterocycles. The first-order valence-corrected chi connectivity index (χ1v) is 7.84. The number of nitrogens with zero attached hydrogens (tertiary/aromatic N) is 3. The Morgan fingerprint density at radius 2 is 2.25 bits per heavy atom. The third-order valence-electron chi connectivity index (χ3n) is 3.12. The Labute approximate surface area is 119 Å². The van der Waals surface area contributed by atoms with Crippen LogP contribution in [0.2, 0.25) is 0 Å². The second-order valence-corrected chi connectivity index (χ2v) is 7.54. The Hall–Kier alpha value is -0.960. The van der Waals surface area contributed by atoms with Gasteiger partial charge in [-0.1, -0.05) is 0 Å². The van der Waals surface area contributed by atoms with Gasteiger partial charge in [-0.15, -0.1) is 0 Å².